The molecule has 4 nitrogen and oxygen atoms in total. The number of carbonyl (C=O) groups is 1. The molecule has 2 atom stereocenters. The van der Waals surface area contributed by atoms with E-state index in [4.69, 9.17) is 9.99 Å². The van der Waals surface area contributed by atoms with Crippen LogP contribution >= 0.6 is 0 Å². The number of rotatable bonds is 3. The van der Waals surface area contributed by atoms with Gasteiger partial charge in [0.15, 0.2) is 0 Å². The summed E-state index contributed by atoms with van der Waals surface area (Å²) in [6.07, 6.45) is 3.57. The summed E-state index contributed by atoms with van der Waals surface area (Å²) in [5, 5.41) is 8.78. The second-order valence-corrected chi connectivity index (χ2v) is 4.27. The van der Waals surface area contributed by atoms with E-state index in [0.717, 1.165) is 0 Å². The Morgan fingerprint density at radius 1 is 1.69 bits per heavy atom. The average Bonchev–Trinajstić information content (AvgIpc) is 2.28. The first-order valence-corrected chi connectivity index (χ1v) is 5.26. The Morgan fingerprint density at radius 2 is 2.31 bits per heavy atom. The van der Waals surface area contributed by atoms with Crippen molar-refractivity contribution in [2.45, 2.75) is 26.4 Å². The second kappa shape index (κ2) is 4.80. The van der Waals surface area contributed by atoms with E-state index in [1.165, 1.54) is 7.11 Å². The number of carbonyl (C=O) groups excluding carboxylic acids is 1. The lowest BCUT2D eigenvalue weighted by Gasteiger charge is -2.38. The molecule has 16 heavy (non-hydrogen) atoms. The molecule has 1 aliphatic carbocycles. The minimum Gasteiger partial charge on any atom is -0.468 e. The molecular weight excluding hydrogens is 208 g/mol. The van der Waals surface area contributed by atoms with Crippen molar-refractivity contribution in [2.24, 2.45) is 11.3 Å². The first kappa shape index (κ1) is 12.9. The molecular formula is C12H18O4. The molecule has 0 spiro atoms. The van der Waals surface area contributed by atoms with Gasteiger partial charge >= 0.3 is 5.97 Å². The highest BCUT2D eigenvalue weighted by molar-refractivity contribution is 5.84. The maximum atomic E-state index is 11.9. The van der Waals surface area contributed by atoms with Crippen LogP contribution in [0.15, 0.2) is 24.3 Å². The largest absolute Gasteiger partial charge is 0.468 e. The van der Waals surface area contributed by atoms with Crippen LogP contribution in [0.3, 0.4) is 0 Å². The third-order valence-corrected chi connectivity index (χ3v) is 3.21. The van der Waals surface area contributed by atoms with E-state index in [-0.39, 0.29) is 11.9 Å². The van der Waals surface area contributed by atoms with Gasteiger partial charge in [0.1, 0.15) is 11.5 Å². The molecule has 4 heteroatoms. The third-order valence-electron chi connectivity index (χ3n) is 3.21. The van der Waals surface area contributed by atoms with Gasteiger partial charge in [0.25, 0.3) is 0 Å². The van der Waals surface area contributed by atoms with Crippen molar-refractivity contribution in [3.63, 3.8) is 0 Å². The predicted octanol–water partition coefficient (Wildman–Crippen LogP) is 2.18. The Labute approximate surface area is 95.5 Å². The van der Waals surface area contributed by atoms with Crippen molar-refractivity contribution < 1.29 is 19.7 Å². The first-order chi connectivity index (χ1) is 7.50. The average molecular weight is 226 g/mol. The summed E-state index contributed by atoms with van der Waals surface area (Å²) < 4.78 is 4.83. The molecule has 90 valence electrons. The van der Waals surface area contributed by atoms with Crippen molar-refractivity contribution in [3.05, 3.63) is 24.3 Å². The van der Waals surface area contributed by atoms with Crippen LogP contribution in [-0.4, -0.2) is 24.4 Å². The summed E-state index contributed by atoms with van der Waals surface area (Å²) in [6, 6.07) is 0. The zero-order chi connectivity index (χ0) is 12.3. The van der Waals surface area contributed by atoms with Crippen molar-refractivity contribution in [2.75, 3.05) is 7.11 Å². The Morgan fingerprint density at radius 3 is 2.75 bits per heavy atom. The Kier molecular flexibility index (Phi) is 3.88. The highest BCUT2D eigenvalue weighted by Crippen LogP contribution is 2.43. The van der Waals surface area contributed by atoms with Crippen LogP contribution in [0.4, 0.5) is 0 Å². The van der Waals surface area contributed by atoms with Gasteiger partial charge in [-0.15, -0.1) is 0 Å². The topological polar surface area (TPSA) is 55.8 Å². The molecule has 0 aromatic carbocycles. The molecule has 0 radical (unpaired) electrons. The fourth-order valence-corrected chi connectivity index (χ4v) is 2.17. The summed E-state index contributed by atoms with van der Waals surface area (Å²) >= 11 is 0. The van der Waals surface area contributed by atoms with E-state index in [1.807, 2.05) is 19.9 Å². The van der Waals surface area contributed by atoms with Gasteiger partial charge in [0.05, 0.1) is 7.11 Å². The smallest absolute Gasteiger partial charge is 0.320 e. The zero-order valence-electron chi connectivity index (χ0n) is 9.90. The summed E-state index contributed by atoms with van der Waals surface area (Å²) in [7, 11) is 1.34. The molecule has 0 heterocycles. The maximum absolute atomic E-state index is 11.9. The Balaban J connectivity index is 3.20. The van der Waals surface area contributed by atoms with Gasteiger partial charge in [0.2, 0.25) is 0 Å². The lowest BCUT2D eigenvalue weighted by Crippen LogP contribution is -2.43. The molecule has 1 N–H and O–H groups in total. The Hall–Kier alpha value is -1.13. The number of hydrogen-bond acceptors (Lipinski definition) is 4. The van der Waals surface area contributed by atoms with E-state index >= 15 is 0 Å². The van der Waals surface area contributed by atoms with Crippen LogP contribution in [0.1, 0.15) is 20.3 Å². The van der Waals surface area contributed by atoms with Gasteiger partial charge in [-0.3, -0.25) is 10.1 Å². The second-order valence-electron chi connectivity index (χ2n) is 4.27. The van der Waals surface area contributed by atoms with Crippen LogP contribution in [0.5, 0.6) is 0 Å². The molecule has 0 fully saturated rings. The summed E-state index contributed by atoms with van der Waals surface area (Å²) in [6.45, 7) is 7.69. The van der Waals surface area contributed by atoms with Crippen molar-refractivity contribution in [3.8, 4) is 0 Å². The van der Waals surface area contributed by atoms with Crippen LogP contribution in [0.2, 0.25) is 0 Å². The van der Waals surface area contributed by atoms with Gasteiger partial charge in [-0.1, -0.05) is 32.6 Å². The highest BCUT2D eigenvalue weighted by Gasteiger charge is 2.47. The van der Waals surface area contributed by atoms with E-state index in [1.54, 1.807) is 6.08 Å². The molecule has 0 saturated heterocycles. The van der Waals surface area contributed by atoms with Gasteiger partial charge in [0, 0.05) is 0 Å². The number of ether oxygens (including phenoxy) is 1. The normalized spacial score (nSPS) is 29.6. The molecule has 0 aliphatic heterocycles. The number of methoxy groups -OCH3 is 1. The number of esters is 1. The lowest BCUT2D eigenvalue weighted by atomic mass is 9.67. The van der Waals surface area contributed by atoms with Crippen molar-refractivity contribution in [1.82, 2.24) is 0 Å². The van der Waals surface area contributed by atoms with Crippen LogP contribution in [0, 0.1) is 11.3 Å². The molecule has 1 rings (SSSR count). The highest BCUT2D eigenvalue weighted by atomic mass is 17.1. The monoisotopic (exact) mass is 226 g/mol. The minimum atomic E-state index is -0.902. The molecule has 0 unspecified atom stereocenters. The summed E-state index contributed by atoms with van der Waals surface area (Å²) in [5.41, 5.74) is -0.361. The number of hydrogen-bond donors (Lipinski definition) is 1. The summed E-state index contributed by atoms with van der Waals surface area (Å²) in [5.74, 6) is -0.382. The molecule has 0 aromatic rings. The van der Waals surface area contributed by atoms with Crippen molar-refractivity contribution >= 4 is 5.97 Å². The van der Waals surface area contributed by atoms with Crippen molar-refractivity contribution in [1.29, 1.82) is 0 Å². The molecule has 0 bridgehead atoms. The van der Waals surface area contributed by atoms with Gasteiger partial charge in [-0.2, -0.15) is 0 Å². The fraction of sp³-hybridized carbons (Fsp3) is 0.583. The van der Waals surface area contributed by atoms with Crippen LogP contribution in [-0.2, 0) is 14.4 Å². The molecule has 0 saturated carbocycles. The quantitative estimate of drug-likeness (QED) is 0.347. The Bertz CT molecular complexity index is 319. The fourth-order valence-electron chi connectivity index (χ4n) is 2.17. The van der Waals surface area contributed by atoms with E-state index in [0.29, 0.717) is 12.0 Å². The predicted molar refractivity (Wildman–Crippen MR) is 59.7 cm³/mol. The molecule has 1 aliphatic rings. The van der Waals surface area contributed by atoms with Crippen LogP contribution in [0.25, 0.3) is 0 Å². The lowest BCUT2D eigenvalue weighted by molar-refractivity contribution is -0.271. The van der Waals surface area contributed by atoms with E-state index < -0.39 is 11.5 Å². The summed E-state index contributed by atoms with van der Waals surface area (Å²) in [4.78, 5) is 16.3. The standard InChI is InChI=1S/C12H18O4/c1-8(2)12(11(13)15-4)7-5-6-10(16-14)9(12)3/h5,7-8,10,14H,3,6H2,1-2,4H3/t10-,12+/m1/s1. The van der Waals surface area contributed by atoms with Gasteiger partial charge in [-0.05, 0) is 17.9 Å². The third kappa shape index (κ3) is 1.79. The SMILES string of the molecule is C=C1[C@H](OO)CC=C[C@]1(C(=O)OC)C(C)C. The van der Waals surface area contributed by atoms with Gasteiger partial charge < -0.3 is 4.74 Å². The minimum absolute atomic E-state index is 0.0124. The zero-order valence-corrected chi connectivity index (χ0v) is 9.90. The molecule has 0 amide bonds. The van der Waals surface area contributed by atoms with E-state index in [9.17, 15) is 4.79 Å². The first-order valence-electron chi connectivity index (χ1n) is 5.26. The molecule has 0 aromatic heterocycles. The maximum Gasteiger partial charge on any atom is 0.320 e. The van der Waals surface area contributed by atoms with E-state index in [2.05, 4.69) is 11.5 Å². The van der Waals surface area contributed by atoms with Crippen LogP contribution < -0.4 is 0 Å². The van der Waals surface area contributed by atoms with Gasteiger partial charge in [-0.25, -0.2) is 4.89 Å².